The number of hydrogen-bond donors (Lipinski definition) is 3. The average molecular weight is 499 g/mol. The molecule has 0 unspecified atom stereocenters. The summed E-state index contributed by atoms with van der Waals surface area (Å²) in [7, 11) is 0. The number of hydrogen-bond acceptors (Lipinski definition) is 6. The second-order valence-electron chi connectivity index (χ2n) is 7.62. The zero-order valence-electron chi connectivity index (χ0n) is 17.2. The summed E-state index contributed by atoms with van der Waals surface area (Å²) in [5.74, 6) is 0.929. The average Bonchev–Trinajstić information content (AvgIpc) is 3.21. The first-order chi connectivity index (χ1) is 15.3. The van der Waals surface area contributed by atoms with Gasteiger partial charge in [-0.25, -0.2) is 9.78 Å². The number of anilines is 2. The van der Waals surface area contributed by atoms with Crippen LogP contribution in [0.5, 0.6) is 0 Å². The van der Waals surface area contributed by atoms with Gasteiger partial charge in [-0.15, -0.1) is 0 Å². The van der Waals surface area contributed by atoms with E-state index in [4.69, 9.17) is 34.8 Å². The highest BCUT2D eigenvalue weighted by atomic mass is 35.5. The van der Waals surface area contributed by atoms with Crippen LogP contribution < -0.4 is 20.9 Å². The third kappa shape index (κ3) is 4.95. The summed E-state index contributed by atoms with van der Waals surface area (Å²) in [5.41, 5.74) is 0.868. The summed E-state index contributed by atoms with van der Waals surface area (Å²) in [5, 5.41) is 10.0. The number of rotatable bonds is 5. The monoisotopic (exact) mass is 497 g/mol. The molecule has 2 atom stereocenters. The third-order valence-corrected chi connectivity index (χ3v) is 6.30. The number of halogens is 3. The van der Waals surface area contributed by atoms with E-state index in [-0.39, 0.29) is 18.0 Å². The minimum absolute atomic E-state index is 0.0870. The highest BCUT2D eigenvalue weighted by Gasteiger charge is 2.32. The van der Waals surface area contributed by atoms with Gasteiger partial charge < -0.3 is 25.8 Å². The number of piperazine rings is 1. The summed E-state index contributed by atoms with van der Waals surface area (Å²) < 4.78 is 0. The first kappa shape index (κ1) is 22.7. The van der Waals surface area contributed by atoms with Crippen LogP contribution in [0.2, 0.25) is 15.1 Å². The lowest BCUT2D eigenvalue weighted by atomic mass is 10.1. The summed E-state index contributed by atoms with van der Waals surface area (Å²) in [6.07, 6.45) is 1.56. The highest BCUT2D eigenvalue weighted by Crippen LogP contribution is 2.30. The van der Waals surface area contributed by atoms with E-state index >= 15 is 0 Å². The fourth-order valence-corrected chi connectivity index (χ4v) is 4.42. The Morgan fingerprint density at radius 3 is 2.59 bits per heavy atom. The fourth-order valence-electron chi connectivity index (χ4n) is 3.70. The van der Waals surface area contributed by atoms with E-state index in [9.17, 15) is 9.59 Å². The molecule has 0 aliphatic carbocycles. The van der Waals surface area contributed by atoms with Crippen molar-refractivity contribution >= 4 is 58.5 Å². The van der Waals surface area contributed by atoms with Gasteiger partial charge >= 0.3 is 6.03 Å². The van der Waals surface area contributed by atoms with E-state index in [0.717, 1.165) is 5.56 Å². The zero-order chi connectivity index (χ0) is 22.8. The predicted molar refractivity (Wildman–Crippen MR) is 125 cm³/mol. The maximum atomic E-state index is 12.6. The molecule has 0 bridgehead atoms. The van der Waals surface area contributed by atoms with Gasteiger partial charge in [-0.3, -0.25) is 4.79 Å². The van der Waals surface area contributed by atoms with Crippen LogP contribution in [0.15, 0.2) is 24.4 Å². The van der Waals surface area contributed by atoms with E-state index in [1.807, 2.05) is 17.9 Å². The summed E-state index contributed by atoms with van der Waals surface area (Å²) in [4.78, 5) is 36.6. The quantitative estimate of drug-likeness (QED) is 0.586. The Labute approximate surface area is 200 Å². The minimum atomic E-state index is -0.516. The fraction of sp³-hybridized carbons (Fsp3) is 0.400. The van der Waals surface area contributed by atoms with Gasteiger partial charge in [0.25, 0.3) is 0 Å². The highest BCUT2D eigenvalue weighted by molar-refractivity contribution is 6.35. The maximum absolute atomic E-state index is 12.6. The van der Waals surface area contributed by atoms with Crippen LogP contribution in [0.4, 0.5) is 16.6 Å². The van der Waals surface area contributed by atoms with E-state index in [0.29, 0.717) is 59.6 Å². The smallest absolute Gasteiger partial charge is 0.315 e. The summed E-state index contributed by atoms with van der Waals surface area (Å²) in [6, 6.07) is 4.34. The Balaban J connectivity index is 1.40. The largest absolute Gasteiger partial charge is 0.362 e. The molecule has 3 N–H and O–H groups in total. The van der Waals surface area contributed by atoms with Gasteiger partial charge in [-0.2, -0.15) is 4.98 Å². The Morgan fingerprint density at radius 1 is 1.19 bits per heavy atom. The van der Waals surface area contributed by atoms with Crippen molar-refractivity contribution in [1.82, 2.24) is 25.5 Å². The standard InChI is InChI=1S/C20H22Cl3N7O2/c1-11(13-3-2-12(21)8-14(13)22)26-17-15(23)9-24-19(28-17)30-6-4-29(5-7-30)18(31)16-10-25-20(32)27-16/h2-3,8-9,11,16H,4-7,10H2,1H3,(H,24,26,28)(H2,25,27,32)/t11-,16-/m1/s1. The lowest BCUT2D eigenvalue weighted by molar-refractivity contribution is -0.132. The number of amides is 3. The molecule has 2 aliphatic rings. The lowest BCUT2D eigenvalue weighted by Crippen LogP contribution is -2.54. The molecule has 0 saturated carbocycles. The molecule has 12 heteroatoms. The van der Waals surface area contributed by atoms with E-state index in [1.165, 1.54) is 0 Å². The summed E-state index contributed by atoms with van der Waals surface area (Å²) in [6.45, 7) is 4.42. The van der Waals surface area contributed by atoms with Gasteiger partial charge in [0, 0.05) is 42.8 Å². The molecule has 3 amide bonds. The van der Waals surface area contributed by atoms with Gasteiger partial charge in [0.05, 0.1) is 12.2 Å². The molecule has 32 heavy (non-hydrogen) atoms. The number of carbonyl (C=O) groups is 2. The van der Waals surface area contributed by atoms with Gasteiger partial charge in [0.1, 0.15) is 11.1 Å². The maximum Gasteiger partial charge on any atom is 0.315 e. The predicted octanol–water partition coefficient (Wildman–Crippen LogP) is 2.94. The topological polar surface area (TPSA) is 102 Å². The van der Waals surface area contributed by atoms with Crippen LogP contribution in [-0.2, 0) is 4.79 Å². The molecule has 2 aliphatic heterocycles. The van der Waals surface area contributed by atoms with Crippen LogP contribution in [0, 0.1) is 0 Å². The van der Waals surface area contributed by atoms with Gasteiger partial charge in [-0.1, -0.05) is 40.9 Å². The molecule has 9 nitrogen and oxygen atoms in total. The van der Waals surface area contributed by atoms with Crippen LogP contribution >= 0.6 is 34.8 Å². The van der Waals surface area contributed by atoms with E-state index in [1.54, 1.807) is 23.2 Å². The third-order valence-electron chi connectivity index (χ3n) is 5.46. The van der Waals surface area contributed by atoms with Crippen LogP contribution in [-0.4, -0.2) is 65.6 Å². The molecule has 0 spiro atoms. The molecule has 1 aromatic carbocycles. The number of urea groups is 1. The molecule has 1 aromatic heterocycles. The molecule has 2 aromatic rings. The van der Waals surface area contributed by atoms with Crippen molar-refractivity contribution in [2.24, 2.45) is 0 Å². The Kier molecular flexibility index (Phi) is 6.78. The minimum Gasteiger partial charge on any atom is -0.362 e. The van der Waals surface area contributed by atoms with Crippen LogP contribution in [0.3, 0.4) is 0 Å². The van der Waals surface area contributed by atoms with Crippen molar-refractivity contribution in [1.29, 1.82) is 0 Å². The van der Waals surface area contributed by atoms with Crippen molar-refractivity contribution in [2.75, 3.05) is 42.9 Å². The molecule has 2 saturated heterocycles. The second-order valence-corrected chi connectivity index (χ2v) is 8.87. The van der Waals surface area contributed by atoms with Crippen LogP contribution in [0.25, 0.3) is 0 Å². The Bertz CT molecular complexity index is 1030. The lowest BCUT2D eigenvalue weighted by Gasteiger charge is -2.35. The van der Waals surface area contributed by atoms with Gasteiger partial charge in [0.2, 0.25) is 11.9 Å². The van der Waals surface area contributed by atoms with E-state index in [2.05, 4.69) is 25.9 Å². The molecule has 2 fully saturated rings. The Morgan fingerprint density at radius 2 is 1.94 bits per heavy atom. The Hall–Kier alpha value is -2.49. The molecule has 4 rings (SSSR count). The SMILES string of the molecule is C[C@@H](Nc1nc(N2CCN(C(=O)[C@H]3CNC(=O)N3)CC2)ncc1Cl)c1ccc(Cl)cc1Cl. The molecule has 3 heterocycles. The second kappa shape index (κ2) is 9.56. The van der Waals surface area contributed by atoms with Gasteiger partial charge in [0.15, 0.2) is 5.82 Å². The molecule has 0 radical (unpaired) electrons. The first-order valence-corrected chi connectivity index (χ1v) is 11.3. The van der Waals surface area contributed by atoms with Crippen molar-refractivity contribution in [3.05, 3.63) is 45.0 Å². The number of carbonyl (C=O) groups excluding carboxylic acids is 2. The van der Waals surface area contributed by atoms with Crippen molar-refractivity contribution in [3.63, 3.8) is 0 Å². The van der Waals surface area contributed by atoms with Crippen molar-refractivity contribution in [3.8, 4) is 0 Å². The van der Waals surface area contributed by atoms with Crippen molar-refractivity contribution in [2.45, 2.75) is 19.0 Å². The number of nitrogens with zero attached hydrogens (tertiary/aromatic N) is 4. The van der Waals surface area contributed by atoms with Crippen molar-refractivity contribution < 1.29 is 9.59 Å². The number of benzene rings is 1. The van der Waals surface area contributed by atoms with Crippen LogP contribution in [0.1, 0.15) is 18.5 Å². The molecular weight excluding hydrogens is 477 g/mol. The normalized spacial score (nSPS) is 19.4. The zero-order valence-corrected chi connectivity index (χ0v) is 19.5. The first-order valence-electron chi connectivity index (χ1n) is 10.1. The number of aromatic nitrogens is 2. The van der Waals surface area contributed by atoms with Gasteiger partial charge in [-0.05, 0) is 24.6 Å². The number of nitrogens with one attached hydrogen (secondary N) is 3. The molecule has 170 valence electrons. The molecular formula is C20H22Cl3N7O2. The van der Waals surface area contributed by atoms with E-state index < -0.39 is 6.04 Å². The summed E-state index contributed by atoms with van der Waals surface area (Å²) >= 11 is 18.6.